The van der Waals surface area contributed by atoms with E-state index in [0.717, 1.165) is 48.0 Å². The Morgan fingerprint density at radius 2 is 2.10 bits per heavy atom. The van der Waals surface area contributed by atoms with Crippen LogP contribution < -0.4 is 0 Å². The highest BCUT2D eigenvalue weighted by Crippen LogP contribution is 2.31. The molecule has 3 rings (SSSR count). The van der Waals surface area contributed by atoms with Crippen molar-refractivity contribution < 1.29 is 4.79 Å². The molecule has 0 N–H and O–H groups in total. The zero-order valence-corrected chi connectivity index (χ0v) is 12.7. The number of amides is 1. The lowest BCUT2D eigenvalue weighted by atomic mass is 9.84. The van der Waals surface area contributed by atoms with Gasteiger partial charge in [-0.2, -0.15) is 0 Å². The fourth-order valence-electron chi connectivity index (χ4n) is 2.52. The van der Waals surface area contributed by atoms with Crippen molar-refractivity contribution in [3.8, 4) is 0 Å². The van der Waals surface area contributed by atoms with Crippen LogP contribution in [0.3, 0.4) is 0 Å². The van der Waals surface area contributed by atoms with Crippen LogP contribution in [0.25, 0.3) is 0 Å². The largest absolute Gasteiger partial charge is 0.291 e. The van der Waals surface area contributed by atoms with Gasteiger partial charge >= 0.3 is 0 Å². The Morgan fingerprint density at radius 1 is 1.30 bits per heavy atom. The molecule has 2 fully saturated rings. The van der Waals surface area contributed by atoms with Crippen molar-refractivity contribution in [2.45, 2.75) is 32.6 Å². The van der Waals surface area contributed by atoms with Gasteiger partial charge in [-0.15, -0.1) is 0 Å². The average Bonchev–Trinajstić information content (AvgIpc) is 2.40. The van der Waals surface area contributed by atoms with Crippen LogP contribution in [0.2, 0.25) is 0 Å². The van der Waals surface area contributed by atoms with Gasteiger partial charge in [0, 0.05) is 18.2 Å². The average molecular weight is 288 g/mol. The number of hydrogen-bond donors (Lipinski definition) is 0. The number of nitrogens with zero attached hydrogens (tertiary/aromatic N) is 2. The van der Waals surface area contributed by atoms with Crippen LogP contribution in [0.15, 0.2) is 29.3 Å². The van der Waals surface area contributed by atoms with E-state index in [-0.39, 0.29) is 11.8 Å². The zero-order valence-electron chi connectivity index (χ0n) is 11.8. The Morgan fingerprint density at radius 3 is 2.80 bits per heavy atom. The molecule has 0 atom stereocenters. The van der Waals surface area contributed by atoms with Crippen molar-refractivity contribution >= 4 is 28.5 Å². The monoisotopic (exact) mass is 288 g/mol. The van der Waals surface area contributed by atoms with E-state index in [9.17, 15) is 4.79 Å². The van der Waals surface area contributed by atoms with Crippen LogP contribution in [0.1, 0.15) is 31.2 Å². The number of carbonyl (C=O) groups is 1. The molecule has 20 heavy (non-hydrogen) atoms. The number of thioether (sulfide) groups is 1. The highest BCUT2D eigenvalue weighted by molar-refractivity contribution is 8.13. The van der Waals surface area contributed by atoms with E-state index < -0.39 is 0 Å². The summed E-state index contributed by atoms with van der Waals surface area (Å²) >= 11 is 1.71. The Bertz CT molecular complexity index is 537. The first kappa shape index (κ1) is 13.7. The summed E-state index contributed by atoms with van der Waals surface area (Å²) in [6.07, 6.45) is 4.37. The summed E-state index contributed by atoms with van der Waals surface area (Å²) in [4.78, 5) is 19.2. The van der Waals surface area contributed by atoms with Crippen molar-refractivity contribution in [1.29, 1.82) is 0 Å². The third kappa shape index (κ3) is 2.75. The van der Waals surface area contributed by atoms with Crippen LogP contribution in [0, 0.1) is 12.8 Å². The minimum absolute atomic E-state index is 0.246. The third-order valence-corrected chi connectivity index (χ3v) is 5.10. The standard InChI is InChI=1S/C16H20N2OS/c1-12-6-2-3-9-14(12)17-16-18(10-5-11-20-16)15(19)13-7-4-8-13/h2-3,6,9,13H,4-5,7-8,10-11H2,1H3. The molecule has 0 unspecified atom stereocenters. The molecule has 4 heteroatoms. The third-order valence-electron chi connectivity index (χ3n) is 4.04. The fourth-order valence-corrected chi connectivity index (χ4v) is 3.48. The molecule has 106 valence electrons. The lowest BCUT2D eigenvalue weighted by Crippen LogP contribution is -2.44. The first-order valence-electron chi connectivity index (χ1n) is 7.34. The molecule has 1 aromatic carbocycles. The minimum Gasteiger partial charge on any atom is -0.291 e. The van der Waals surface area contributed by atoms with Crippen molar-refractivity contribution in [3.63, 3.8) is 0 Å². The topological polar surface area (TPSA) is 32.7 Å². The Kier molecular flexibility index (Phi) is 4.10. The molecule has 1 heterocycles. The van der Waals surface area contributed by atoms with E-state index in [1.807, 2.05) is 23.1 Å². The van der Waals surface area contributed by atoms with Gasteiger partial charge < -0.3 is 0 Å². The molecule has 2 aliphatic rings. The highest BCUT2D eigenvalue weighted by atomic mass is 32.2. The molecule has 1 amide bonds. The molecule has 0 aromatic heterocycles. The molecule has 1 aliphatic carbocycles. The Labute approximate surface area is 124 Å². The second-order valence-corrected chi connectivity index (χ2v) is 6.56. The van der Waals surface area contributed by atoms with Gasteiger partial charge in [-0.1, -0.05) is 36.4 Å². The predicted octanol–water partition coefficient (Wildman–Crippen LogP) is 3.75. The number of para-hydroxylation sites is 1. The smallest absolute Gasteiger partial charge is 0.231 e. The maximum atomic E-state index is 12.5. The van der Waals surface area contributed by atoms with Gasteiger partial charge in [0.1, 0.15) is 0 Å². The van der Waals surface area contributed by atoms with Crippen LogP contribution in [-0.4, -0.2) is 28.3 Å². The van der Waals surface area contributed by atoms with E-state index >= 15 is 0 Å². The number of benzene rings is 1. The molecule has 3 nitrogen and oxygen atoms in total. The first-order chi connectivity index (χ1) is 9.75. The molecule has 0 bridgehead atoms. The van der Waals surface area contributed by atoms with E-state index in [4.69, 9.17) is 4.99 Å². The van der Waals surface area contributed by atoms with Crippen molar-refractivity contribution in [1.82, 2.24) is 4.90 Å². The zero-order chi connectivity index (χ0) is 13.9. The quantitative estimate of drug-likeness (QED) is 0.830. The van der Waals surface area contributed by atoms with E-state index in [1.54, 1.807) is 11.8 Å². The van der Waals surface area contributed by atoms with Crippen molar-refractivity contribution in [2.75, 3.05) is 12.3 Å². The minimum atomic E-state index is 0.246. The lowest BCUT2D eigenvalue weighted by molar-refractivity contribution is -0.134. The normalized spacial score (nSPS) is 21.9. The first-order valence-corrected chi connectivity index (χ1v) is 8.33. The van der Waals surface area contributed by atoms with Crippen LogP contribution in [0.4, 0.5) is 5.69 Å². The fraction of sp³-hybridized carbons (Fsp3) is 0.500. The summed E-state index contributed by atoms with van der Waals surface area (Å²) in [6.45, 7) is 2.89. The van der Waals surface area contributed by atoms with Gasteiger partial charge in [0.25, 0.3) is 0 Å². The summed E-state index contributed by atoms with van der Waals surface area (Å²) in [5.41, 5.74) is 2.13. The maximum Gasteiger partial charge on any atom is 0.231 e. The molecule has 0 radical (unpaired) electrons. The predicted molar refractivity (Wildman–Crippen MR) is 84.4 cm³/mol. The van der Waals surface area contributed by atoms with E-state index in [0.29, 0.717) is 0 Å². The Balaban J connectivity index is 1.85. The second kappa shape index (κ2) is 6.00. The molecule has 1 aromatic rings. The lowest BCUT2D eigenvalue weighted by Gasteiger charge is -2.34. The molecule has 1 aliphatic heterocycles. The van der Waals surface area contributed by atoms with E-state index in [1.165, 1.54) is 6.42 Å². The number of aryl methyl sites for hydroxylation is 1. The van der Waals surface area contributed by atoms with Crippen molar-refractivity contribution in [2.24, 2.45) is 10.9 Å². The summed E-state index contributed by atoms with van der Waals surface area (Å²) in [5, 5.41) is 0.891. The summed E-state index contributed by atoms with van der Waals surface area (Å²) in [5.74, 6) is 1.59. The number of hydrogen-bond acceptors (Lipinski definition) is 3. The van der Waals surface area contributed by atoms with Gasteiger partial charge in [-0.05, 0) is 37.8 Å². The maximum absolute atomic E-state index is 12.5. The second-order valence-electron chi connectivity index (χ2n) is 5.50. The number of carbonyl (C=O) groups excluding carboxylic acids is 1. The van der Waals surface area contributed by atoms with Crippen LogP contribution >= 0.6 is 11.8 Å². The molecule has 1 saturated carbocycles. The summed E-state index contributed by atoms with van der Waals surface area (Å²) in [7, 11) is 0. The Hall–Kier alpha value is -1.29. The SMILES string of the molecule is Cc1ccccc1N=C1SCCCN1C(=O)C1CCC1. The molecule has 0 spiro atoms. The summed E-state index contributed by atoms with van der Waals surface area (Å²) in [6, 6.07) is 8.09. The van der Waals surface area contributed by atoms with Crippen molar-refractivity contribution in [3.05, 3.63) is 29.8 Å². The van der Waals surface area contributed by atoms with Gasteiger partial charge in [-0.25, -0.2) is 4.99 Å². The number of aliphatic imine (C=N–C) groups is 1. The molecule has 1 saturated heterocycles. The van der Waals surface area contributed by atoms with Gasteiger partial charge in [0.05, 0.1) is 5.69 Å². The van der Waals surface area contributed by atoms with Gasteiger partial charge in [-0.3, -0.25) is 9.69 Å². The number of amidine groups is 1. The molecular weight excluding hydrogens is 268 g/mol. The number of rotatable bonds is 2. The highest BCUT2D eigenvalue weighted by Gasteiger charge is 2.33. The van der Waals surface area contributed by atoms with Crippen LogP contribution in [0.5, 0.6) is 0 Å². The van der Waals surface area contributed by atoms with E-state index in [2.05, 4.69) is 13.0 Å². The van der Waals surface area contributed by atoms with Gasteiger partial charge in [0.2, 0.25) is 5.91 Å². The molecular formula is C16H20N2OS. The van der Waals surface area contributed by atoms with Crippen LogP contribution in [-0.2, 0) is 4.79 Å². The summed E-state index contributed by atoms with van der Waals surface area (Å²) < 4.78 is 0. The van der Waals surface area contributed by atoms with Gasteiger partial charge in [0.15, 0.2) is 5.17 Å².